The maximum atomic E-state index is 9.10. The highest BCUT2D eigenvalue weighted by Gasteiger charge is 2.34. The van der Waals surface area contributed by atoms with E-state index in [4.69, 9.17) is 5.11 Å². The van der Waals surface area contributed by atoms with Gasteiger partial charge in [-0.1, -0.05) is 13.8 Å². The molecular weight excluding hydrogens is 208 g/mol. The van der Waals surface area contributed by atoms with Gasteiger partial charge in [-0.05, 0) is 25.3 Å². The van der Waals surface area contributed by atoms with Crippen molar-refractivity contribution in [1.29, 1.82) is 0 Å². The largest absolute Gasteiger partial charge is 0.389 e. The highest BCUT2D eigenvalue weighted by Crippen LogP contribution is 2.42. The van der Waals surface area contributed by atoms with Crippen LogP contribution in [0.4, 0.5) is 0 Å². The van der Waals surface area contributed by atoms with Crippen LogP contribution in [0.25, 0.3) is 0 Å². The zero-order valence-electron chi connectivity index (χ0n) is 9.50. The molecule has 3 nitrogen and oxygen atoms in total. The second kappa shape index (κ2) is 3.85. The predicted octanol–water partition coefficient (Wildman–Crippen LogP) is 1.87. The van der Waals surface area contributed by atoms with E-state index in [-0.39, 0.29) is 6.61 Å². The molecule has 0 radical (unpaired) electrons. The number of aromatic nitrogens is 1. The highest BCUT2D eigenvalue weighted by molar-refractivity contribution is 7.11. The van der Waals surface area contributed by atoms with Crippen LogP contribution in [0, 0.1) is 5.41 Å². The molecule has 1 aromatic rings. The van der Waals surface area contributed by atoms with Gasteiger partial charge in [0.25, 0.3) is 0 Å². The predicted molar refractivity (Wildman–Crippen MR) is 61.9 cm³/mol. The molecule has 2 N–H and O–H groups in total. The van der Waals surface area contributed by atoms with Crippen molar-refractivity contribution in [2.45, 2.75) is 39.3 Å². The van der Waals surface area contributed by atoms with Crippen LogP contribution < -0.4 is 5.32 Å². The number of hydrogen-bond acceptors (Lipinski definition) is 4. The molecule has 1 aliphatic rings. The Morgan fingerprint density at radius 3 is 2.93 bits per heavy atom. The van der Waals surface area contributed by atoms with Gasteiger partial charge in [0.15, 0.2) is 0 Å². The maximum absolute atomic E-state index is 9.10. The van der Waals surface area contributed by atoms with Gasteiger partial charge >= 0.3 is 0 Å². The Morgan fingerprint density at radius 1 is 1.60 bits per heavy atom. The SMILES string of the molecule is CNC1CC(C)(C)Cc2nc(CO)sc21. The fourth-order valence-electron chi connectivity index (χ4n) is 2.28. The van der Waals surface area contributed by atoms with Gasteiger partial charge in [-0.2, -0.15) is 0 Å². The zero-order valence-corrected chi connectivity index (χ0v) is 10.3. The Bertz CT molecular complexity index is 359. The van der Waals surface area contributed by atoms with E-state index in [9.17, 15) is 0 Å². The molecule has 0 aromatic carbocycles. The van der Waals surface area contributed by atoms with E-state index in [0.717, 1.165) is 17.8 Å². The number of nitrogens with zero attached hydrogens (tertiary/aromatic N) is 1. The van der Waals surface area contributed by atoms with Crippen LogP contribution in [0.3, 0.4) is 0 Å². The molecule has 0 spiro atoms. The molecule has 1 unspecified atom stereocenters. The molecule has 0 saturated carbocycles. The lowest BCUT2D eigenvalue weighted by Crippen LogP contribution is -2.30. The number of rotatable bonds is 2. The zero-order chi connectivity index (χ0) is 11.1. The van der Waals surface area contributed by atoms with Crippen molar-refractivity contribution in [2.75, 3.05) is 7.05 Å². The molecular formula is C11H18N2OS. The first-order chi connectivity index (χ1) is 7.05. The Balaban J connectivity index is 2.38. The molecule has 84 valence electrons. The van der Waals surface area contributed by atoms with Crippen molar-refractivity contribution in [3.8, 4) is 0 Å². The topological polar surface area (TPSA) is 45.2 Å². The second-order valence-corrected chi connectivity index (χ2v) is 6.08. The third-order valence-corrected chi connectivity index (χ3v) is 4.17. The molecule has 1 aliphatic carbocycles. The molecule has 0 aliphatic heterocycles. The fraction of sp³-hybridized carbons (Fsp3) is 0.727. The summed E-state index contributed by atoms with van der Waals surface area (Å²) in [7, 11) is 1.99. The van der Waals surface area contributed by atoms with Gasteiger partial charge in [-0.15, -0.1) is 11.3 Å². The van der Waals surface area contributed by atoms with Crippen LogP contribution in [-0.4, -0.2) is 17.1 Å². The van der Waals surface area contributed by atoms with Crippen molar-refractivity contribution < 1.29 is 5.11 Å². The summed E-state index contributed by atoms with van der Waals surface area (Å²) in [5.41, 5.74) is 1.49. The van der Waals surface area contributed by atoms with Gasteiger partial charge in [0.05, 0.1) is 12.3 Å². The molecule has 2 rings (SSSR count). The average Bonchev–Trinajstić information content (AvgIpc) is 2.57. The first-order valence-corrected chi connectivity index (χ1v) is 6.14. The van der Waals surface area contributed by atoms with Crippen LogP contribution in [0.1, 0.15) is 41.9 Å². The van der Waals surface area contributed by atoms with Gasteiger partial charge in [-0.3, -0.25) is 0 Å². The third-order valence-electron chi connectivity index (χ3n) is 2.97. The van der Waals surface area contributed by atoms with Gasteiger partial charge in [-0.25, -0.2) is 4.98 Å². The highest BCUT2D eigenvalue weighted by atomic mass is 32.1. The molecule has 15 heavy (non-hydrogen) atoms. The summed E-state index contributed by atoms with van der Waals surface area (Å²) < 4.78 is 0. The summed E-state index contributed by atoms with van der Waals surface area (Å²) in [5.74, 6) is 0. The Morgan fingerprint density at radius 2 is 2.33 bits per heavy atom. The summed E-state index contributed by atoms with van der Waals surface area (Å²) >= 11 is 1.65. The summed E-state index contributed by atoms with van der Waals surface area (Å²) in [6.07, 6.45) is 2.17. The van der Waals surface area contributed by atoms with Gasteiger partial charge in [0.1, 0.15) is 5.01 Å². The smallest absolute Gasteiger partial charge is 0.119 e. The number of thiazole rings is 1. The number of fused-ring (bicyclic) bond motifs is 1. The van der Waals surface area contributed by atoms with Crippen molar-refractivity contribution in [2.24, 2.45) is 5.41 Å². The van der Waals surface area contributed by atoms with Crippen molar-refractivity contribution in [3.05, 3.63) is 15.6 Å². The lowest BCUT2D eigenvalue weighted by molar-refractivity contribution is 0.262. The number of aliphatic hydroxyl groups is 1. The third kappa shape index (κ3) is 2.07. The molecule has 0 fully saturated rings. The summed E-state index contributed by atoms with van der Waals surface area (Å²) in [6, 6.07) is 0.404. The van der Waals surface area contributed by atoms with Crippen molar-refractivity contribution >= 4 is 11.3 Å². The van der Waals surface area contributed by atoms with Crippen LogP contribution in [0.2, 0.25) is 0 Å². The Labute approximate surface area is 94.5 Å². The minimum atomic E-state index is 0.0640. The van der Waals surface area contributed by atoms with Crippen molar-refractivity contribution in [3.63, 3.8) is 0 Å². The van der Waals surface area contributed by atoms with E-state index < -0.39 is 0 Å². The van der Waals surface area contributed by atoms with E-state index in [2.05, 4.69) is 24.1 Å². The maximum Gasteiger partial charge on any atom is 0.119 e. The lowest BCUT2D eigenvalue weighted by atomic mass is 9.76. The molecule has 0 saturated heterocycles. The lowest BCUT2D eigenvalue weighted by Gasteiger charge is -2.34. The van der Waals surface area contributed by atoms with Crippen LogP contribution in [-0.2, 0) is 13.0 Å². The molecule has 0 bridgehead atoms. The quantitative estimate of drug-likeness (QED) is 0.809. The minimum Gasteiger partial charge on any atom is -0.389 e. The van der Waals surface area contributed by atoms with E-state index in [1.807, 2.05) is 7.05 Å². The summed E-state index contributed by atoms with van der Waals surface area (Å²) in [6.45, 7) is 4.62. The Hall–Kier alpha value is -0.450. The number of aliphatic hydroxyl groups excluding tert-OH is 1. The first-order valence-electron chi connectivity index (χ1n) is 5.32. The van der Waals surface area contributed by atoms with Crippen LogP contribution in [0.5, 0.6) is 0 Å². The van der Waals surface area contributed by atoms with Gasteiger partial charge in [0, 0.05) is 10.9 Å². The van der Waals surface area contributed by atoms with Crippen LogP contribution in [0.15, 0.2) is 0 Å². The number of hydrogen-bond donors (Lipinski definition) is 2. The molecule has 1 aromatic heterocycles. The first kappa shape index (κ1) is 11.0. The molecule has 1 atom stereocenters. The summed E-state index contributed by atoms with van der Waals surface area (Å²) in [5, 5.41) is 13.3. The number of nitrogens with one attached hydrogen (secondary N) is 1. The molecule has 0 amide bonds. The summed E-state index contributed by atoms with van der Waals surface area (Å²) in [4.78, 5) is 5.81. The fourth-order valence-corrected chi connectivity index (χ4v) is 3.34. The van der Waals surface area contributed by atoms with E-state index in [1.165, 1.54) is 10.6 Å². The Kier molecular flexibility index (Phi) is 2.83. The second-order valence-electron chi connectivity index (χ2n) is 4.96. The van der Waals surface area contributed by atoms with Crippen molar-refractivity contribution in [1.82, 2.24) is 10.3 Å². The average molecular weight is 226 g/mol. The van der Waals surface area contributed by atoms with E-state index >= 15 is 0 Å². The normalized spacial score (nSPS) is 23.9. The minimum absolute atomic E-state index is 0.0640. The van der Waals surface area contributed by atoms with Gasteiger partial charge in [0.2, 0.25) is 0 Å². The molecule has 4 heteroatoms. The van der Waals surface area contributed by atoms with E-state index in [0.29, 0.717) is 11.5 Å². The van der Waals surface area contributed by atoms with Gasteiger partial charge < -0.3 is 10.4 Å². The van der Waals surface area contributed by atoms with E-state index in [1.54, 1.807) is 11.3 Å². The molecule has 1 heterocycles. The monoisotopic (exact) mass is 226 g/mol. The standard InChI is InChI=1S/C11H18N2OS/c1-11(2)4-7(12-3)10-8(5-11)13-9(6-14)15-10/h7,12,14H,4-6H2,1-3H3. The van der Waals surface area contributed by atoms with Crippen LogP contribution >= 0.6 is 11.3 Å².